The molecule has 3 rings (SSSR count). The molecule has 1 saturated heterocycles. The molecule has 1 fully saturated rings. The van der Waals surface area contributed by atoms with E-state index in [-0.39, 0.29) is 0 Å². The monoisotopic (exact) mass is 275 g/mol. The molecule has 0 aliphatic carbocycles. The minimum Gasteiger partial charge on any atom is -0.329 e. The van der Waals surface area contributed by atoms with E-state index in [1.165, 1.54) is 12.8 Å². The average Bonchev–Trinajstić information content (AvgIpc) is 3.05. The molecule has 0 spiro atoms. The quantitative estimate of drug-likeness (QED) is 0.932. The second-order valence-corrected chi connectivity index (χ2v) is 5.60. The Hall–Kier alpha value is -1.32. The molecule has 1 aromatic carbocycles. The van der Waals surface area contributed by atoms with Crippen LogP contribution in [0.1, 0.15) is 18.4 Å². The molecule has 19 heavy (non-hydrogen) atoms. The number of aryl methyl sites for hydroxylation is 1. The number of benzene rings is 1. The first-order valence-electron chi connectivity index (χ1n) is 6.74. The molecule has 4 heteroatoms. The summed E-state index contributed by atoms with van der Waals surface area (Å²) in [7, 11) is 0. The number of hydrogen-bond donors (Lipinski definition) is 1. The molecule has 1 N–H and O–H groups in total. The normalized spacial score (nSPS) is 18.9. The Kier molecular flexibility index (Phi) is 3.58. The van der Waals surface area contributed by atoms with Crippen molar-refractivity contribution in [3.63, 3.8) is 0 Å². The van der Waals surface area contributed by atoms with Gasteiger partial charge in [-0.3, -0.25) is 0 Å². The number of halogens is 1. The van der Waals surface area contributed by atoms with Crippen LogP contribution >= 0.6 is 11.6 Å². The Morgan fingerprint density at radius 1 is 1.47 bits per heavy atom. The third-order valence-electron chi connectivity index (χ3n) is 3.76. The van der Waals surface area contributed by atoms with Crippen LogP contribution in [0.4, 0.5) is 0 Å². The third kappa shape index (κ3) is 2.67. The van der Waals surface area contributed by atoms with Crippen LogP contribution < -0.4 is 5.32 Å². The summed E-state index contributed by atoms with van der Waals surface area (Å²) >= 11 is 6.21. The fourth-order valence-electron chi connectivity index (χ4n) is 2.61. The first kappa shape index (κ1) is 12.7. The van der Waals surface area contributed by atoms with Crippen molar-refractivity contribution in [1.82, 2.24) is 14.9 Å². The van der Waals surface area contributed by atoms with Gasteiger partial charge >= 0.3 is 0 Å². The lowest BCUT2D eigenvalue weighted by Gasteiger charge is -2.14. The van der Waals surface area contributed by atoms with E-state index >= 15 is 0 Å². The SMILES string of the molecule is Cc1ccc(-c2cncn2CC2CCCN2)cc1Cl. The van der Waals surface area contributed by atoms with Crippen LogP contribution in [0.25, 0.3) is 11.3 Å². The van der Waals surface area contributed by atoms with Gasteiger partial charge in [0.05, 0.1) is 18.2 Å². The molecular weight excluding hydrogens is 258 g/mol. The number of imidazole rings is 1. The highest BCUT2D eigenvalue weighted by atomic mass is 35.5. The van der Waals surface area contributed by atoms with Gasteiger partial charge in [-0.2, -0.15) is 0 Å². The number of aromatic nitrogens is 2. The van der Waals surface area contributed by atoms with Gasteiger partial charge in [0.15, 0.2) is 0 Å². The van der Waals surface area contributed by atoms with Crippen LogP contribution in [0, 0.1) is 6.92 Å². The van der Waals surface area contributed by atoms with Gasteiger partial charge in [0.1, 0.15) is 0 Å². The largest absolute Gasteiger partial charge is 0.329 e. The van der Waals surface area contributed by atoms with Gasteiger partial charge in [-0.05, 0) is 37.9 Å². The molecule has 1 aromatic heterocycles. The van der Waals surface area contributed by atoms with E-state index in [4.69, 9.17) is 11.6 Å². The summed E-state index contributed by atoms with van der Waals surface area (Å²) in [5.74, 6) is 0. The van der Waals surface area contributed by atoms with Gasteiger partial charge in [0, 0.05) is 23.2 Å². The average molecular weight is 276 g/mol. The molecule has 0 amide bonds. The highest BCUT2D eigenvalue weighted by molar-refractivity contribution is 6.31. The van der Waals surface area contributed by atoms with Crippen molar-refractivity contribution >= 4 is 11.6 Å². The first-order chi connectivity index (χ1) is 9.24. The van der Waals surface area contributed by atoms with Crippen molar-refractivity contribution in [2.75, 3.05) is 6.54 Å². The Labute approximate surface area is 118 Å². The van der Waals surface area contributed by atoms with Crippen molar-refractivity contribution in [2.24, 2.45) is 0 Å². The molecule has 2 aromatic rings. The fraction of sp³-hybridized carbons (Fsp3) is 0.400. The zero-order chi connectivity index (χ0) is 13.2. The molecule has 100 valence electrons. The Balaban J connectivity index is 1.87. The highest BCUT2D eigenvalue weighted by Crippen LogP contribution is 2.25. The second kappa shape index (κ2) is 5.35. The highest BCUT2D eigenvalue weighted by Gasteiger charge is 2.16. The number of nitrogens with one attached hydrogen (secondary N) is 1. The molecule has 0 bridgehead atoms. The van der Waals surface area contributed by atoms with E-state index in [1.54, 1.807) is 0 Å². The fourth-order valence-corrected chi connectivity index (χ4v) is 2.79. The predicted octanol–water partition coefficient (Wildman–Crippen LogP) is 3.26. The predicted molar refractivity (Wildman–Crippen MR) is 78.4 cm³/mol. The van der Waals surface area contributed by atoms with Gasteiger partial charge in [-0.25, -0.2) is 4.98 Å². The number of hydrogen-bond acceptors (Lipinski definition) is 2. The van der Waals surface area contributed by atoms with Gasteiger partial charge in [0.2, 0.25) is 0 Å². The molecule has 1 aliphatic rings. The van der Waals surface area contributed by atoms with E-state index in [0.29, 0.717) is 6.04 Å². The Bertz CT molecular complexity index is 571. The second-order valence-electron chi connectivity index (χ2n) is 5.19. The molecule has 0 saturated carbocycles. The van der Waals surface area contributed by atoms with E-state index in [1.807, 2.05) is 25.5 Å². The van der Waals surface area contributed by atoms with E-state index in [2.05, 4.69) is 27.0 Å². The number of nitrogens with zero attached hydrogens (tertiary/aromatic N) is 2. The number of rotatable bonds is 3. The van der Waals surface area contributed by atoms with Gasteiger partial charge in [-0.15, -0.1) is 0 Å². The zero-order valence-corrected chi connectivity index (χ0v) is 11.8. The van der Waals surface area contributed by atoms with Crippen LogP contribution in [0.3, 0.4) is 0 Å². The van der Waals surface area contributed by atoms with E-state index in [0.717, 1.165) is 34.9 Å². The van der Waals surface area contributed by atoms with Crippen molar-refractivity contribution in [3.05, 3.63) is 41.3 Å². The summed E-state index contributed by atoms with van der Waals surface area (Å²) in [5.41, 5.74) is 3.37. The molecule has 1 aliphatic heterocycles. The standard InChI is InChI=1S/C15H18ClN3/c1-11-4-5-12(7-14(11)16)15-8-17-10-19(15)9-13-3-2-6-18-13/h4-5,7-8,10,13,18H,2-3,6,9H2,1H3. The molecule has 2 heterocycles. The van der Waals surface area contributed by atoms with Gasteiger partial charge in [0.25, 0.3) is 0 Å². The maximum absolute atomic E-state index is 6.21. The third-order valence-corrected chi connectivity index (χ3v) is 4.17. The molecule has 3 nitrogen and oxygen atoms in total. The topological polar surface area (TPSA) is 29.9 Å². The lowest BCUT2D eigenvalue weighted by atomic mass is 10.1. The maximum Gasteiger partial charge on any atom is 0.0951 e. The molecule has 1 unspecified atom stereocenters. The van der Waals surface area contributed by atoms with Crippen molar-refractivity contribution in [3.8, 4) is 11.3 Å². The van der Waals surface area contributed by atoms with E-state index in [9.17, 15) is 0 Å². The van der Waals surface area contributed by atoms with Crippen molar-refractivity contribution < 1.29 is 0 Å². The van der Waals surface area contributed by atoms with Crippen LogP contribution in [-0.2, 0) is 6.54 Å². The van der Waals surface area contributed by atoms with Crippen LogP contribution in [-0.4, -0.2) is 22.1 Å². The summed E-state index contributed by atoms with van der Waals surface area (Å²) in [4.78, 5) is 4.28. The molecule has 0 radical (unpaired) electrons. The van der Waals surface area contributed by atoms with Crippen LogP contribution in [0.15, 0.2) is 30.7 Å². The Morgan fingerprint density at radius 2 is 2.37 bits per heavy atom. The van der Waals surface area contributed by atoms with Gasteiger partial charge < -0.3 is 9.88 Å². The van der Waals surface area contributed by atoms with Crippen LogP contribution in [0.5, 0.6) is 0 Å². The van der Waals surface area contributed by atoms with Crippen LogP contribution in [0.2, 0.25) is 5.02 Å². The minimum atomic E-state index is 0.564. The lowest BCUT2D eigenvalue weighted by Crippen LogP contribution is -2.26. The summed E-state index contributed by atoms with van der Waals surface area (Å²) in [6.45, 7) is 4.12. The first-order valence-corrected chi connectivity index (χ1v) is 7.12. The smallest absolute Gasteiger partial charge is 0.0951 e. The summed E-state index contributed by atoms with van der Waals surface area (Å²) in [5, 5.41) is 4.33. The molecule has 1 atom stereocenters. The Morgan fingerprint density at radius 3 is 3.11 bits per heavy atom. The minimum absolute atomic E-state index is 0.564. The van der Waals surface area contributed by atoms with E-state index < -0.39 is 0 Å². The molecular formula is C15H18ClN3. The van der Waals surface area contributed by atoms with Crippen molar-refractivity contribution in [2.45, 2.75) is 32.4 Å². The van der Waals surface area contributed by atoms with Crippen molar-refractivity contribution in [1.29, 1.82) is 0 Å². The van der Waals surface area contributed by atoms with Gasteiger partial charge in [-0.1, -0.05) is 23.7 Å². The summed E-state index contributed by atoms with van der Waals surface area (Å²) < 4.78 is 2.21. The summed E-state index contributed by atoms with van der Waals surface area (Å²) in [6, 6.07) is 6.75. The lowest BCUT2D eigenvalue weighted by molar-refractivity contribution is 0.512. The zero-order valence-electron chi connectivity index (χ0n) is 11.1. The summed E-state index contributed by atoms with van der Waals surface area (Å²) in [6.07, 6.45) is 6.33. The maximum atomic E-state index is 6.21.